The fourth-order valence-electron chi connectivity index (χ4n) is 4.20. The number of methoxy groups -OCH3 is 1. The van der Waals surface area contributed by atoms with E-state index in [4.69, 9.17) is 4.74 Å². The normalized spacial score (nSPS) is 11.8. The second-order valence-corrected chi connectivity index (χ2v) is 9.78. The minimum absolute atomic E-state index is 0.130. The first-order chi connectivity index (χ1) is 20.5. The Kier molecular flexibility index (Phi) is 13.7. The number of hydrogen-bond donors (Lipinski definition) is 4. The highest BCUT2D eigenvalue weighted by Gasteiger charge is 2.31. The van der Waals surface area contributed by atoms with Crippen LogP contribution in [0, 0.1) is 0 Å². The molecule has 0 fully saturated rings. The molecule has 2 aromatic carbocycles. The van der Waals surface area contributed by atoms with Gasteiger partial charge >= 0.3 is 5.97 Å². The van der Waals surface area contributed by atoms with Gasteiger partial charge in [-0.15, -0.1) is 0 Å². The van der Waals surface area contributed by atoms with E-state index < -0.39 is 54.3 Å². The van der Waals surface area contributed by atoms with Gasteiger partial charge in [-0.05, 0) is 37.1 Å². The Balaban J connectivity index is 2.26. The number of para-hydroxylation sites is 2. The average Bonchev–Trinajstić information content (AvgIpc) is 2.96. The van der Waals surface area contributed by atoms with Gasteiger partial charge in [-0.25, -0.2) is 4.79 Å². The predicted octanol–water partition coefficient (Wildman–Crippen LogP) is 3.17. The van der Waals surface area contributed by atoms with E-state index in [2.05, 4.69) is 21.3 Å². The first-order valence-electron chi connectivity index (χ1n) is 14.0. The standard InChI is InChI=1S/C31H38N4O8/c1-5-11-28(39)33-22-15-9-7-13-20(22)26(37)17-24(32-19(3)36)30(41)35-25(31(42)43-4)18-27(38)21-14-8-10-16-23(21)34-29(40)12-6-2/h7-10,13-16,24-25H,5-6,11-12,17-18H2,1-4H3,(H,32,36)(H,33,39)(H,34,40)(H,35,41). The summed E-state index contributed by atoms with van der Waals surface area (Å²) >= 11 is 0. The van der Waals surface area contributed by atoms with Crippen LogP contribution in [0.2, 0.25) is 0 Å². The summed E-state index contributed by atoms with van der Waals surface area (Å²) in [6, 6.07) is 9.66. The molecule has 0 bridgehead atoms. The molecule has 2 atom stereocenters. The highest BCUT2D eigenvalue weighted by atomic mass is 16.5. The van der Waals surface area contributed by atoms with E-state index in [-0.39, 0.29) is 47.2 Å². The monoisotopic (exact) mass is 594 g/mol. The van der Waals surface area contributed by atoms with Crippen molar-refractivity contribution in [3.63, 3.8) is 0 Å². The van der Waals surface area contributed by atoms with E-state index in [9.17, 15) is 33.6 Å². The summed E-state index contributed by atoms with van der Waals surface area (Å²) in [4.78, 5) is 88.6. The number of carbonyl (C=O) groups excluding carboxylic acids is 7. The van der Waals surface area contributed by atoms with Crippen molar-refractivity contribution in [2.24, 2.45) is 0 Å². The molecule has 0 heterocycles. The van der Waals surface area contributed by atoms with Crippen LogP contribution >= 0.6 is 0 Å². The lowest BCUT2D eigenvalue weighted by Gasteiger charge is -2.22. The molecule has 0 aliphatic rings. The minimum Gasteiger partial charge on any atom is -0.467 e. The zero-order chi connectivity index (χ0) is 31.9. The molecule has 12 nitrogen and oxygen atoms in total. The number of ether oxygens (including phenoxy) is 1. The Hall–Kier alpha value is -4.87. The molecule has 12 heteroatoms. The van der Waals surface area contributed by atoms with Crippen molar-refractivity contribution in [3.05, 3.63) is 59.7 Å². The zero-order valence-corrected chi connectivity index (χ0v) is 24.8. The highest BCUT2D eigenvalue weighted by Crippen LogP contribution is 2.20. The summed E-state index contributed by atoms with van der Waals surface area (Å²) in [6.45, 7) is 4.84. The number of Topliss-reactive ketones (excluding diaryl/α,β-unsaturated/α-hetero) is 2. The summed E-state index contributed by atoms with van der Waals surface area (Å²) in [5.74, 6) is -4.11. The van der Waals surface area contributed by atoms with Gasteiger partial charge in [-0.3, -0.25) is 28.8 Å². The summed E-state index contributed by atoms with van der Waals surface area (Å²) in [6.07, 6.45) is 0.697. The summed E-state index contributed by atoms with van der Waals surface area (Å²) in [5, 5.41) is 10.2. The first kappa shape index (κ1) is 34.3. The van der Waals surface area contributed by atoms with Crippen molar-refractivity contribution in [2.75, 3.05) is 17.7 Å². The number of hydrogen-bond acceptors (Lipinski definition) is 8. The number of anilines is 2. The maximum Gasteiger partial charge on any atom is 0.328 e. The van der Waals surface area contributed by atoms with Crippen LogP contribution in [0.1, 0.15) is 80.0 Å². The lowest BCUT2D eigenvalue weighted by Crippen LogP contribution is -2.52. The third kappa shape index (κ3) is 10.8. The van der Waals surface area contributed by atoms with Crippen LogP contribution < -0.4 is 21.3 Å². The molecule has 0 aromatic heterocycles. The van der Waals surface area contributed by atoms with Crippen molar-refractivity contribution >= 4 is 52.5 Å². The number of amides is 4. The van der Waals surface area contributed by atoms with Crippen molar-refractivity contribution in [1.29, 1.82) is 0 Å². The third-order valence-electron chi connectivity index (χ3n) is 6.23. The van der Waals surface area contributed by atoms with Crippen molar-refractivity contribution in [3.8, 4) is 0 Å². The quantitative estimate of drug-likeness (QED) is 0.169. The average molecular weight is 595 g/mol. The molecule has 0 aliphatic carbocycles. The van der Waals surface area contributed by atoms with Gasteiger partial charge < -0.3 is 26.0 Å². The number of rotatable bonds is 16. The van der Waals surface area contributed by atoms with Crippen molar-refractivity contribution in [2.45, 2.75) is 71.4 Å². The fraction of sp³-hybridized carbons (Fsp3) is 0.387. The van der Waals surface area contributed by atoms with E-state index in [1.54, 1.807) is 36.4 Å². The SMILES string of the molecule is CCCC(=O)Nc1ccccc1C(=O)CC(NC(C)=O)C(=O)NC(CC(=O)c1ccccc1NC(=O)CCC)C(=O)OC. The van der Waals surface area contributed by atoms with Gasteiger partial charge in [-0.2, -0.15) is 0 Å². The lowest BCUT2D eigenvalue weighted by molar-refractivity contribution is -0.145. The van der Waals surface area contributed by atoms with Crippen LogP contribution in [-0.2, 0) is 28.7 Å². The molecular weight excluding hydrogens is 556 g/mol. The molecule has 230 valence electrons. The Morgan fingerprint density at radius 2 is 1.12 bits per heavy atom. The second-order valence-electron chi connectivity index (χ2n) is 9.78. The molecule has 2 unspecified atom stereocenters. The Bertz CT molecular complexity index is 1360. The molecular formula is C31H38N4O8. The van der Waals surface area contributed by atoms with Gasteiger partial charge in [0.15, 0.2) is 11.6 Å². The van der Waals surface area contributed by atoms with E-state index >= 15 is 0 Å². The van der Waals surface area contributed by atoms with E-state index in [1.165, 1.54) is 12.1 Å². The molecule has 4 amide bonds. The molecule has 0 radical (unpaired) electrons. The topological polar surface area (TPSA) is 177 Å². The maximum absolute atomic E-state index is 13.3. The Labute approximate surface area is 250 Å². The largest absolute Gasteiger partial charge is 0.467 e. The van der Waals surface area contributed by atoms with Crippen molar-refractivity contribution < 1.29 is 38.3 Å². The lowest BCUT2D eigenvalue weighted by atomic mass is 9.99. The summed E-state index contributed by atoms with van der Waals surface area (Å²) < 4.78 is 4.79. The van der Waals surface area contributed by atoms with Crippen LogP contribution in [-0.4, -0.2) is 60.4 Å². The number of benzene rings is 2. The zero-order valence-electron chi connectivity index (χ0n) is 24.8. The van der Waals surface area contributed by atoms with Crippen LogP contribution in [0.4, 0.5) is 11.4 Å². The minimum atomic E-state index is -1.46. The van der Waals surface area contributed by atoms with Gasteiger partial charge in [0.1, 0.15) is 12.1 Å². The molecule has 0 saturated heterocycles. The molecule has 4 N–H and O–H groups in total. The maximum atomic E-state index is 13.3. The van der Waals surface area contributed by atoms with E-state index in [0.29, 0.717) is 12.8 Å². The number of nitrogens with one attached hydrogen (secondary N) is 4. The van der Waals surface area contributed by atoms with Crippen molar-refractivity contribution in [1.82, 2.24) is 10.6 Å². The summed E-state index contributed by atoms with van der Waals surface area (Å²) in [5.41, 5.74) is 0.782. The Morgan fingerprint density at radius 1 is 0.674 bits per heavy atom. The second kappa shape index (κ2) is 17.2. The first-order valence-corrected chi connectivity index (χ1v) is 14.0. The molecule has 0 saturated carbocycles. The molecule has 2 rings (SSSR count). The van der Waals surface area contributed by atoms with E-state index in [0.717, 1.165) is 14.0 Å². The van der Waals surface area contributed by atoms with Crippen LogP contribution in [0.15, 0.2) is 48.5 Å². The van der Waals surface area contributed by atoms with Crippen LogP contribution in [0.5, 0.6) is 0 Å². The highest BCUT2D eigenvalue weighted by molar-refractivity contribution is 6.08. The fourth-order valence-corrected chi connectivity index (χ4v) is 4.20. The number of esters is 1. The molecule has 0 spiro atoms. The van der Waals surface area contributed by atoms with E-state index in [1.807, 2.05) is 13.8 Å². The number of carbonyl (C=O) groups is 7. The Morgan fingerprint density at radius 3 is 1.53 bits per heavy atom. The number of ketones is 2. The smallest absolute Gasteiger partial charge is 0.328 e. The van der Waals surface area contributed by atoms with Gasteiger partial charge in [0.05, 0.1) is 18.5 Å². The van der Waals surface area contributed by atoms with Gasteiger partial charge in [0.25, 0.3) is 0 Å². The van der Waals surface area contributed by atoms with Gasteiger partial charge in [0, 0.05) is 43.7 Å². The predicted molar refractivity (Wildman–Crippen MR) is 159 cm³/mol. The molecule has 2 aromatic rings. The molecule has 43 heavy (non-hydrogen) atoms. The van der Waals surface area contributed by atoms with Crippen LogP contribution in [0.3, 0.4) is 0 Å². The summed E-state index contributed by atoms with van der Waals surface area (Å²) in [7, 11) is 1.09. The third-order valence-corrected chi connectivity index (χ3v) is 6.23. The van der Waals surface area contributed by atoms with Gasteiger partial charge in [-0.1, -0.05) is 38.1 Å². The van der Waals surface area contributed by atoms with Crippen LogP contribution in [0.25, 0.3) is 0 Å². The van der Waals surface area contributed by atoms with Gasteiger partial charge in [0.2, 0.25) is 23.6 Å². The molecule has 0 aliphatic heterocycles.